The second-order valence-electron chi connectivity index (χ2n) is 6.72. The maximum Gasteiger partial charge on any atom is 0.316 e. The summed E-state index contributed by atoms with van der Waals surface area (Å²) in [5.41, 5.74) is 2.02. The van der Waals surface area contributed by atoms with Crippen LogP contribution in [0.4, 0.5) is 0 Å². The minimum Gasteiger partial charge on any atom is -0.497 e. The fourth-order valence-corrected chi connectivity index (χ4v) is 3.47. The summed E-state index contributed by atoms with van der Waals surface area (Å²) in [6, 6.07) is 9.64. The van der Waals surface area contributed by atoms with Crippen molar-refractivity contribution in [2.45, 2.75) is 18.9 Å². The van der Waals surface area contributed by atoms with E-state index in [0.29, 0.717) is 30.5 Å². The lowest BCUT2D eigenvalue weighted by atomic mass is 10.1. The summed E-state index contributed by atoms with van der Waals surface area (Å²) >= 11 is 3.30. The Kier molecular flexibility index (Phi) is 5.75. The standard InChI is InChI=1S/C20H20BrN5O3/c1-28-15-5-2-4-13(8-15)17-9-18(25-24-17)19(27)26-7-3-6-16(12-26)29-20-22-10-14(21)11-23-20/h2,4-5,8-11,16H,3,6-7,12H2,1H3,(H,24,25). The summed E-state index contributed by atoms with van der Waals surface area (Å²) in [7, 11) is 1.62. The van der Waals surface area contributed by atoms with Crippen molar-refractivity contribution in [3.63, 3.8) is 0 Å². The van der Waals surface area contributed by atoms with Crippen molar-refractivity contribution < 1.29 is 14.3 Å². The molecule has 29 heavy (non-hydrogen) atoms. The average molecular weight is 458 g/mol. The molecule has 1 aliphatic rings. The summed E-state index contributed by atoms with van der Waals surface area (Å²) in [4.78, 5) is 23.0. The SMILES string of the molecule is COc1cccc(-c2cc(C(=O)N3CCCC(Oc4ncc(Br)cn4)C3)[nH]n2)c1. The number of rotatable bonds is 5. The first-order valence-corrected chi connectivity index (χ1v) is 10.0. The van der Waals surface area contributed by atoms with Crippen LogP contribution in [-0.2, 0) is 0 Å². The van der Waals surface area contributed by atoms with E-state index < -0.39 is 0 Å². The summed E-state index contributed by atoms with van der Waals surface area (Å²) in [5.74, 6) is 0.640. The second-order valence-corrected chi connectivity index (χ2v) is 7.63. The molecular formula is C20H20BrN5O3. The van der Waals surface area contributed by atoms with Gasteiger partial charge in [0, 0.05) is 24.5 Å². The van der Waals surface area contributed by atoms with Crippen LogP contribution in [0.3, 0.4) is 0 Å². The molecule has 1 atom stereocenters. The molecule has 0 spiro atoms. The number of aromatic nitrogens is 4. The van der Waals surface area contributed by atoms with Gasteiger partial charge in [-0.1, -0.05) is 12.1 Å². The molecule has 3 aromatic rings. The molecule has 0 aliphatic carbocycles. The zero-order valence-corrected chi connectivity index (χ0v) is 17.4. The molecule has 1 aliphatic heterocycles. The van der Waals surface area contributed by atoms with E-state index in [2.05, 4.69) is 36.1 Å². The molecule has 1 aromatic carbocycles. The first-order chi connectivity index (χ1) is 14.1. The van der Waals surface area contributed by atoms with Gasteiger partial charge in [-0.3, -0.25) is 9.89 Å². The van der Waals surface area contributed by atoms with Gasteiger partial charge in [0.1, 0.15) is 17.5 Å². The van der Waals surface area contributed by atoms with Crippen molar-refractivity contribution in [2.75, 3.05) is 20.2 Å². The summed E-state index contributed by atoms with van der Waals surface area (Å²) in [6.07, 6.45) is 4.83. The Hall–Kier alpha value is -2.94. The third-order valence-corrected chi connectivity index (χ3v) is 5.12. The minimum absolute atomic E-state index is 0.100. The Balaban J connectivity index is 1.43. The molecule has 1 fully saturated rings. The Morgan fingerprint density at radius 2 is 2.10 bits per heavy atom. The first kappa shape index (κ1) is 19.4. The predicted octanol–water partition coefficient (Wildman–Crippen LogP) is 3.32. The number of piperidine rings is 1. The molecule has 1 amide bonds. The van der Waals surface area contributed by atoms with Crippen LogP contribution in [0, 0.1) is 0 Å². The number of aromatic amines is 1. The van der Waals surface area contributed by atoms with Gasteiger partial charge in [0.2, 0.25) is 0 Å². The number of nitrogens with one attached hydrogen (secondary N) is 1. The van der Waals surface area contributed by atoms with Crippen LogP contribution >= 0.6 is 15.9 Å². The molecule has 3 heterocycles. The van der Waals surface area contributed by atoms with Gasteiger partial charge in [-0.25, -0.2) is 9.97 Å². The molecule has 2 aromatic heterocycles. The summed E-state index contributed by atoms with van der Waals surface area (Å²) < 4.78 is 11.9. The van der Waals surface area contributed by atoms with Crippen LogP contribution < -0.4 is 9.47 Å². The molecular weight excluding hydrogens is 438 g/mol. The van der Waals surface area contributed by atoms with Gasteiger partial charge in [0.05, 0.1) is 23.8 Å². The number of benzene rings is 1. The zero-order valence-electron chi connectivity index (χ0n) is 15.8. The van der Waals surface area contributed by atoms with Crippen LogP contribution in [0.15, 0.2) is 47.2 Å². The monoisotopic (exact) mass is 457 g/mol. The van der Waals surface area contributed by atoms with Crippen LogP contribution in [0.5, 0.6) is 11.8 Å². The van der Waals surface area contributed by atoms with Crippen LogP contribution in [0.2, 0.25) is 0 Å². The van der Waals surface area contributed by atoms with Gasteiger partial charge in [0.25, 0.3) is 5.91 Å². The molecule has 150 valence electrons. The molecule has 9 heteroatoms. The van der Waals surface area contributed by atoms with E-state index in [0.717, 1.165) is 28.6 Å². The number of methoxy groups -OCH3 is 1. The van der Waals surface area contributed by atoms with Crippen molar-refractivity contribution in [2.24, 2.45) is 0 Å². The lowest BCUT2D eigenvalue weighted by Gasteiger charge is -2.32. The first-order valence-electron chi connectivity index (χ1n) is 9.25. The van der Waals surface area contributed by atoms with E-state index in [1.165, 1.54) is 0 Å². The number of H-pyrrole nitrogens is 1. The normalized spacial score (nSPS) is 16.5. The van der Waals surface area contributed by atoms with Gasteiger partial charge < -0.3 is 14.4 Å². The van der Waals surface area contributed by atoms with Gasteiger partial charge in [-0.2, -0.15) is 5.10 Å². The van der Waals surface area contributed by atoms with Crippen molar-refractivity contribution in [1.82, 2.24) is 25.1 Å². The third kappa shape index (κ3) is 4.56. The second kappa shape index (κ2) is 8.60. The van der Waals surface area contributed by atoms with Crippen molar-refractivity contribution in [3.8, 4) is 23.0 Å². The van der Waals surface area contributed by atoms with E-state index in [9.17, 15) is 4.79 Å². The maximum absolute atomic E-state index is 12.9. The lowest BCUT2D eigenvalue weighted by molar-refractivity contribution is 0.0510. The summed E-state index contributed by atoms with van der Waals surface area (Å²) in [6.45, 7) is 1.15. The van der Waals surface area contributed by atoms with Crippen molar-refractivity contribution in [1.29, 1.82) is 0 Å². The van der Waals surface area contributed by atoms with E-state index >= 15 is 0 Å². The number of ether oxygens (including phenoxy) is 2. The smallest absolute Gasteiger partial charge is 0.316 e. The predicted molar refractivity (Wildman–Crippen MR) is 110 cm³/mol. The quantitative estimate of drug-likeness (QED) is 0.631. The van der Waals surface area contributed by atoms with E-state index in [1.54, 1.807) is 30.5 Å². The molecule has 0 radical (unpaired) electrons. The van der Waals surface area contributed by atoms with Crippen LogP contribution in [0.1, 0.15) is 23.3 Å². The molecule has 0 saturated carbocycles. The highest BCUT2D eigenvalue weighted by atomic mass is 79.9. The number of hydrogen-bond donors (Lipinski definition) is 1. The van der Waals surface area contributed by atoms with Crippen molar-refractivity contribution in [3.05, 3.63) is 52.9 Å². The topological polar surface area (TPSA) is 93.2 Å². The fourth-order valence-electron chi connectivity index (χ4n) is 3.26. The molecule has 1 N–H and O–H groups in total. The number of carbonyl (C=O) groups is 1. The number of likely N-dealkylation sites (tertiary alicyclic amines) is 1. The summed E-state index contributed by atoms with van der Waals surface area (Å²) in [5, 5.41) is 7.15. The minimum atomic E-state index is -0.144. The lowest BCUT2D eigenvalue weighted by Crippen LogP contribution is -2.44. The average Bonchev–Trinajstić information content (AvgIpc) is 3.25. The highest BCUT2D eigenvalue weighted by molar-refractivity contribution is 9.10. The highest BCUT2D eigenvalue weighted by Gasteiger charge is 2.27. The number of carbonyl (C=O) groups excluding carboxylic acids is 1. The molecule has 1 saturated heterocycles. The highest BCUT2D eigenvalue weighted by Crippen LogP contribution is 2.24. The van der Waals surface area contributed by atoms with Crippen LogP contribution in [-0.4, -0.2) is 57.3 Å². The van der Waals surface area contributed by atoms with Crippen molar-refractivity contribution >= 4 is 21.8 Å². The molecule has 4 rings (SSSR count). The Labute approximate surface area is 176 Å². The molecule has 0 bridgehead atoms. The zero-order chi connectivity index (χ0) is 20.2. The number of amides is 1. The van der Waals surface area contributed by atoms with E-state index in [-0.39, 0.29) is 12.0 Å². The largest absolute Gasteiger partial charge is 0.497 e. The Morgan fingerprint density at radius 3 is 2.90 bits per heavy atom. The van der Waals surface area contributed by atoms with Gasteiger partial charge in [-0.15, -0.1) is 0 Å². The third-order valence-electron chi connectivity index (χ3n) is 4.71. The Morgan fingerprint density at radius 1 is 1.28 bits per heavy atom. The van der Waals surface area contributed by atoms with E-state index in [4.69, 9.17) is 9.47 Å². The number of nitrogens with zero attached hydrogens (tertiary/aromatic N) is 4. The van der Waals surface area contributed by atoms with Crippen LogP contribution in [0.25, 0.3) is 11.3 Å². The fraction of sp³-hybridized carbons (Fsp3) is 0.300. The molecule has 1 unspecified atom stereocenters. The molecule has 8 nitrogen and oxygen atoms in total. The van der Waals surface area contributed by atoms with Gasteiger partial charge >= 0.3 is 6.01 Å². The maximum atomic E-state index is 12.9. The van der Waals surface area contributed by atoms with Gasteiger partial charge in [-0.05, 0) is 47.0 Å². The van der Waals surface area contributed by atoms with E-state index in [1.807, 2.05) is 24.3 Å². The number of halogens is 1. The van der Waals surface area contributed by atoms with Gasteiger partial charge in [0.15, 0.2) is 0 Å². The Bertz CT molecular complexity index is 992. The number of hydrogen-bond acceptors (Lipinski definition) is 6.